The SMILES string of the molecule is Cc1nc(C)c(C(=O)NCCc2cccc(Cl)c2)c(=O)[nH]1. The highest BCUT2D eigenvalue weighted by atomic mass is 35.5. The smallest absolute Gasteiger partial charge is 0.264 e. The molecule has 0 fully saturated rings. The number of halogens is 1. The van der Waals surface area contributed by atoms with Crippen LogP contribution in [0.4, 0.5) is 0 Å². The van der Waals surface area contributed by atoms with Gasteiger partial charge in [-0.15, -0.1) is 0 Å². The Bertz CT molecular complexity index is 725. The minimum absolute atomic E-state index is 0.0618. The van der Waals surface area contributed by atoms with E-state index in [9.17, 15) is 9.59 Å². The maximum absolute atomic E-state index is 12.1. The Kier molecular flexibility index (Phi) is 4.75. The first kappa shape index (κ1) is 15.3. The molecule has 0 bridgehead atoms. The Balaban J connectivity index is 2.01. The highest BCUT2D eigenvalue weighted by Gasteiger charge is 2.14. The summed E-state index contributed by atoms with van der Waals surface area (Å²) in [6.45, 7) is 3.75. The van der Waals surface area contributed by atoms with Crippen LogP contribution in [0.25, 0.3) is 0 Å². The quantitative estimate of drug-likeness (QED) is 0.907. The number of benzene rings is 1. The van der Waals surface area contributed by atoms with E-state index < -0.39 is 11.5 Å². The number of aryl methyl sites for hydroxylation is 2. The number of aromatic nitrogens is 2. The highest BCUT2D eigenvalue weighted by Crippen LogP contribution is 2.10. The Hall–Kier alpha value is -2.14. The molecule has 0 spiro atoms. The van der Waals surface area contributed by atoms with Crippen molar-refractivity contribution in [3.63, 3.8) is 0 Å². The third-order valence-electron chi connectivity index (χ3n) is 3.03. The molecule has 0 radical (unpaired) electrons. The number of amides is 1. The number of carbonyl (C=O) groups excluding carboxylic acids is 1. The molecule has 0 saturated carbocycles. The Labute approximate surface area is 127 Å². The van der Waals surface area contributed by atoms with E-state index in [1.807, 2.05) is 18.2 Å². The molecule has 0 saturated heterocycles. The molecule has 1 amide bonds. The molecule has 1 heterocycles. The first-order chi connectivity index (χ1) is 9.97. The second-order valence-corrected chi connectivity index (χ2v) is 5.18. The molecule has 0 unspecified atom stereocenters. The highest BCUT2D eigenvalue weighted by molar-refractivity contribution is 6.30. The number of aromatic amines is 1. The minimum Gasteiger partial charge on any atom is -0.351 e. The van der Waals surface area contributed by atoms with E-state index in [0.29, 0.717) is 29.5 Å². The molecule has 5 nitrogen and oxygen atoms in total. The molecule has 1 aromatic carbocycles. The van der Waals surface area contributed by atoms with Gasteiger partial charge in [0.15, 0.2) is 0 Å². The average molecular weight is 306 g/mol. The van der Waals surface area contributed by atoms with E-state index in [1.54, 1.807) is 19.9 Å². The topological polar surface area (TPSA) is 74.8 Å². The van der Waals surface area contributed by atoms with Gasteiger partial charge in [-0.25, -0.2) is 4.98 Å². The molecule has 6 heteroatoms. The summed E-state index contributed by atoms with van der Waals surface area (Å²) >= 11 is 5.90. The Morgan fingerprint density at radius 1 is 1.38 bits per heavy atom. The molecule has 21 heavy (non-hydrogen) atoms. The summed E-state index contributed by atoms with van der Waals surface area (Å²) in [5.41, 5.74) is 1.10. The molecule has 2 N–H and O–H groups in total. The summed E-state index contributed by atoms with van der Waals surface area (Å²) in [5, 5.41) is 3.39. The standard InChI is InChI=1S/C15H16ClN3O2/c1-9-13(15(21)19-10(2)18-9)14(20)17-7-6-11-4-3-5-12(16)8-11/h3-5,8H,6-7H2,1-2H3,(H,17,20)(H,18,19,21). The van der Waals surface area contributed by atoms with Gasteiger partial charge in [0.05, 0.1) is 5.69 Å². The zero-order chi connectivity index (χ0) is 15.4. The van der Waals surface area contributed by atoms with E-state index in [2.05, 4.69) is 15.3 Å². The van der Waals surface area contributed by atoms with Crippen LogP contribution in [0.1, 0.15) is 27.4 Å². The second-order valence-electron chi connectivity index (χ2n) is 4.75. The van der Waals surface area contributed by atoms with Gasteiger partial charge < -0.3 is 10.3 Å². The van der Waals surface area contributed by atoms with Crippen LogP contribution in [-0.2, 0) is 6.42 Å². The number of hydrogen-bond donors (Lipinski definition) is 2. The summed E-state index contributed by atoms with van der Waals surface area (Å²) < 4.78 is 0. The lowest BCUT2D eigenvalue weighted by Crippen LogP contribution is -2.33. The third kappa shape index (κ3) is 3.92. The lowest BCUT2D eigenvalue weighted by Gasteiger charge is -2.07. The van der Waals surface area contributed by atoms with Crippen LogP contribution < -0.4 is 10.9 Å². The molecule has 110 valence electrons. The van der Waals surface area contributed by atoms with Crippen molar-refractivity contribution in [2.75, 3.05) is 6.54 Å². The normalized spacial score (nSPS) is 10.4. The summed E-state index contributed by atoms with van der Waals surface area (Å²) in [6.07, 6.45) is 0.641. The van der Waals surface area contributed by atoms with Crippen LogP contribution in [0.15, 0.2) is 29.1 Å². The van der Waals surface area contributed by atoms with Crippen molar-refractivity contribution < 1.29 is 4.79 Å². The number of hydrogen-bond acceptors (Lipinski definition) is 3. The van der Waals surface area contributed by atoms with Gasteiger partial charge in [0.25, 0.3) is 11.5 Å². The third-order valence-corrected chi connectivity index (χ3v) is 3.27. The van der Waals surface area contributed by atoms with Gasteiger partial charge in [0, 0.05) is 11.6 Å². The predicted octanol–water partition coefficient (Wildman–Crippen LogP) is 2.01. The van der Waals surface area contributed by atoms with Gasteiger partial charge in [-0.1, -0.05) is 23.7 Å². The van der Waals surface area contributed by atoms with Gasteiger partial charge in [0.1, 0.15) is 11.4 Å². The number of carbonyl (C=O) groups is 1. The number of rotatable bonds is 4. The van der Waals surface area contributed by atoms with Gasteiger partial charge in [-0.2, -0.15) is 0 Å². The van der Waals surface area contributed by atoms with E-state index in [-0.39, 0.29) is 5.56 Å². The molecule has 1 aromatic heterocycles. The van der Waals surface area contributed by atoms with Crippen molar-refractivity contribution in [2.24, 2.45) is 0 Å². The lowest BCUT2D eigenvalue weighted by molar-refractivity contribution is 0.0951. The Morgan fingerprint density at radius 2 is 2.14 bits per heavy atom. The van der Waals surface area contributed by atoms with E-state index in [4.69, 9.17) is 11.6 Å². The molecule has 2 rings (SSSR count). The number of nitrogens with zero attached hydrogens (tertiary/aromatic N) is 1. The van der Waals surface area contributed by atoms with Gasteiger partial charge in [0.2, 0.25) is 0 Å². The lowest BCUT2D eigenvalue weighted by atomic mass is 10.1. The van der Waals surface area contributed by atoms with Crippen LogP contribution in [0, 0.1) is 13.8 Å². The fourth-order valence-electron chi connectivity index (χ4n) is 2.10. The van der Waals surface area contributed by atoms with Crippen molar-refractivity contribution in [3.05, 3.63) is 62.3 Å². The molecular formula is C15H16ClN3O2. The average Bonchev–Trinajstić information content (AvgIpc) is 2.37. The van der Waals surface area contributed by atoms with Crippen molar-refractivity contribution in [1.29, 1.82) is 0 Å². The number of H-pyrrole nitrogens is 1. The maximum atomic E-state index is 12.1. The van der Waals surface area contributed by atoms with Gasteiger partial charge in [-0.3, -0.25) is 9.59 Å². The van der Waals surface area contributed by atoms with Crippen LogP contribution in [0.2, 0.25) is 5.02 Å². The first-order valence-electron chi connectivity index (χ1n) is 6.57. The van der Waals surface area contributed by atoms with Crippen molar-refractivity contribution >= 4 is 17.5 Å². The van der Waals surface area contributed by atoms with Crippen LogP contribution in [0.5, 0.6) is 0 Å². The number of nitrogens with one attached hydrogen (secondary N) is 2. The summed E-state index contributed by atoms with van der Waals surface area (Å²) in [6, 6.07) is 7.44. The predicted molar refractivity (Wildman–Crippen MR) is 81.8 cm³/mol. The Morgan fingerprint density at radius 3 is 2.81 bits per heavy atom. The fourth-order valence-corrected chi connectivity index (χ4v) is 2.31. The molecule has 0 aliphatic carbocycles. The first-order valence-corrected chi connectivity index (χ1v) is 6.95. The van der Waals surface area contributed by atoms with E-state index in [1.165, 1.54) is 0 Å². The molecule has 0 aliphatic rings. The van der Waals surface area contributed by atoms with E-state index >= 15 is 0 Å². The largest absolute Gasteiger partial charge is 0.351 e. The zero-order valence-corrected chi connectivity index (χ0v) is 12.6. The van der Waals surface area contributed by atoms with Crippen LogP contribution >= 0.6 is 11.6 Å². The molecular weight excluding hydrogens is 290 g/mol. The molecule has 0 aliphatic heterocycles. The summed E-state index contributed by atoms with van der Waals surface area (Å²) in [7, 11) is 0. The fraction of sp³-hybridized carbons (Fsp3) is 0.267. The van der Waals surface area contributed by atoms with E-state index in [0.717, 1.165) is 5.56 Å². The van der Waals surface area contributed by atoms with Crippen LogP contribution in [-0.4, -0.2) is 22.4 Å². The maximum Gasteiger partial charge on any atom is 0.264 e. The van der Waals surface area contributed by atoms with Crippen molar-refractivity contribution in [3.8, 4) is 0 Å². The monoisotopic (exact) mass is 305 g/mol. The second kappa shape index (κ2) is 6.54. The van der Waals surface area contributed by atoms with Crippen molar-refractivity contribution in [1.82, 2.24) is 15.3 Å². The van der Waals surface area contributed by atoms with Crippen molar-refractivity contribution in [2.45, 2.75) is 20.3 Å². The van der Waals surface area contributed by atoms with Crippen LogP contribution in [0.3, 0.4) is 0 Å². The zero-order valence-electron chi connectivity index (χ0n) is 11.9. The summed E-state index contributed by atoms with van der Waals surface area (Å²) in [4.78, 5) is 30.5. The van der Waals surface area contributed by atoms with Gasteiger partial charge >= 0.3 is 0 Å². The van der Waals surface area contributed by atoms with Gasteiger partial charge in [-0.05, 0) is 38.0 Å². The molecule has 0 atom stereocenters. The molecule has 2 aromatic rings. The summed E-state index contributed by atoms with van der Waals surface area (Å²) in [5.74, 6) is 0.0799. The minimum atomic E-state index is -0.416.